The van der Waals surface area contributed by atoms with E-state index in [1.54, 1.807) is 11.0 Å². The molecular weight excluding hydrogens is 302 g/mol. The van der Waals surface area contributed by atoms with E-state index in [1.165, 1.54) is 12.3 Å². The van der Waals surface area contributed by atoms with E-state index < -0.39 is 16.4 Å². The number of ether oxygens (including phenoxy) is 1. The molecule has 2 atom stereocenters. The molecule has 6 nitrogen and oxygen atoms in total. The highest BCUT2D eigenvalue weighted by Gasteiger charge is 2.33. The molecule has 1 saturated heterocycles. The van der Waals surface area contributed by atoms with Gasteiger partial charge in [0, 0.05) is 19.3 Å². The number of pyridine rings is 1. The van der Waals surface area contributed by atoms with Gasteiger partial charge in [-0.1, -0.05) is 0 Å². The number of aromatic nitrogens is 1. The third-order valence-electron chi connectivity index (χ3n) is 3.17. The van der Waals surface area contributed by atoms with Gasteiger partial charge in [0.2, 0.25) is 0 Å². The second-order valence-corrected chi connectivity index (χ2v) is 7.81. The maximum Gasteiger partial charge on any atom is 0.410 e. The van der Waals surface area contributed by atoms with Crippen LogP contribution in [0.25, 0.3) is 0 Å². The van der Waals surface area contributed by atoms with Gasteiger partial charge in [0.15, 0.2) is 0 Å². The molecule has 0 radical (unpaired) electrons. The Morgan fingerprint density at radius 3 is 2.91 bits per heavy atom. The van der Waals surface area contributed by atoms with E-state index in [0.29, 0.717) is 30.1 Å². The largest absolute Gasteiger partial charge is 0.444 e. The molecule has 1 aliphatic rings. The molecule has 1 aromatic heterocycles. The summed E-state index contributed by atoms with van der Waals surface area (Å²) in [6, 6.07) is 5.11. The summed E-state index contributed by atoms with van der Waals surface area (Å²) >= 11 is 0. The summed E-state index contributed by atoms with van der Waals surface area (Å²) in [5.41, 5.74) is -0.114. The van der Waals surface area contributed by atoms with E-state index in [-0.39, 0.29) is 11.3 Å². The summed E-state index contributed by atoms with van der Waals surface area (Å²) in [6.07, 6.45) is 1.72. The molecule has 1 aliphatic heterocycles. The van der Waals surface area contributed by atoms with E-state index in [4.69, 9.17) is 10.00 Å². The second kappa shape index (κ2) is 6.44. The SMILES string of the molecule is CC(C)(C)OC(=O)N1CC[C@H]([S@@](=O)c2cc(C#N)ccn2)C1. The number of carbonyl (C=O) groups is 1. The first-order valence-corrected chi connectivity index (χ1v) is 8.26. The zero-order valence-corrected chi connectivity index (χ0v) is 13.7. The monoisotopic (exact) mass is 321 g/mol. The minimum atomic E-state index is -1.34. The van der Waals surface area contributed by atoms with Gasteiger partial charge in [0.05, 0.1) is 27.7 Å². The minimum absolute atomic E-state index is 0.186. The number of rotatable bonds is 2. The van der Waals surface area contributed by atoms with Crippen LogP contribution in [0.5, 0.6) is 0 Å². The number of carbonyl (C=O) groups excluding carboxylic acids is 1. The lowest BCUT2D eigenvalue weighted by Gasteiger charge is -2.24. The number of hydrogen-bond donors (Lipinski definition) is 0. The van der Waals surface area contributed by atoms with Crippen molar-refractivity contribution in [2.75, 3.05) is 13.1 Å². The average molecular weight is 321 g/mol. The lowest BCUT2D eigenvalue weighted by molar-refractivity contribution is 0.0295. The van der Waals surface area contributed by atoms with Gasteiger partial charge in [-0.15, -0.1) is 0 Å². The van der Waals surface area contributed by atoms with Gasteiger partial charge in [-0.2, -0.15) is 5.26 Å². The van der Waals surface area contributed by atoms with E-state index in [0.717, 1.165) is 0 Å². The molecule has 0 saturated carbocycles. The van der Waals surface area contributed by atoms with Crippen LogP contribution in [0.3, 0.4) is 0 Å². The number of nitriles is 1. The average Bonchev–Trinajstić information content (AvgIpc) is 2.94. The molecule has 0 aromatic carbocycles. The van der Waals surface area contributed by atoms with Crippen molar-refractivity contribution < 1.29 is 13.7 Å². The summed E-state index contributed by atoms with van der Waals surface area (Å²) in [5.74, 6) is 0. The summed E-state index contributed by atoms with van der Waals surface area (Å²) in [5, 5.41) is 9.08. The first kappa shape index (κ1) is 16.4. The summed E-state index contributed by atoms with van der Waals surface area (Å²) in [6.45, 7) is 6.33. The van der Waals surface area contributed by atoms with Gasteiger partial charge in [0.1, 0.15) is 10.6 Å². The molecule has 2 rings (SSSR count). The van der Waals surface area contributed by atoms with Crippen molar-refractivity contribution in [3.8, 4) is 6.07 Å². The first-order valence-electron chi connectivity index (χ1n) is 7.05. The maximum atomic E-state index is 12.5. The summed E-state index contributed by atoms with van der Waals surface area (Å²) in [7, 11) is -1.34. The molecular formula is C15H19N3O3S. The zero-order chi connectivity index (χ0) is 16.3. The molecule has 22 heavy (non-hydrogen) atoms. The van der Waals surface area contributed by atoms with Crippen molar-refractivity contribution in [3.63, 3.8) is 0 Å². The van der Waals surface area contributed by atoms with Crippen molar-refractivity contribution in [1.82, 2.24) is 9.88 Å². The summed E-state index contributed by atoms with van der Waals surface area (Å²) < 4.78 is 17.9. The molecule has 1 aromatic rings. The smallest absolute Gasteiger partial charge is 0.410 e. The van der Waals surface area contributed by atoms with Crippen LogP contribution < -0.4 is 0 Å². The molecule has 118 valence electrons. The van der Waals surface area contributed by atoms with E-state index >= 15 is 0 Å². The Morgan fingerprint density at radius 2 is 2.27 bits per heavy atom. The Morgan fingerprint density at radius 1 is 1.55 bits per heavy atom. The zero-order valence-electron chi connectivity index (χ0n) is 12.9. The molecule has 0 bridgehead atoms. The highest BCUT2D eigenvalue weighted by Crippen LogP contribution is 2.21. The standard InChI is InChI=1S/C15H19N3O3S/c1-15(2,3)21-14(19)18-7-5-12(10-18)22(20)13-8-11(9-16)4-6-17-13/h4,6,8,12H,5,7,10H2,1-3H3/t12-,22+/m0/s1. The molecule has 7 heteroatoms. The summed E-state index contributed by atoms with van der Waals surface area (Å²) in [4.78, 5) is 17.7. The third-order valence-corrected chi connectivity index (χ3v) is 4.80. The van der Waals surface area contributed by atoms with Crippen LogP contribution in [0.2, 0.25) is 0 Å². The first-order chi connectivity index (χ1) is 10.3. The number of amides is 1. The van der Waals surface area contributed by atoms with Crippen LogP contribution in [0, 0.1) is 11.3 Å². The highest BCUT2D eigenvalue weighted by atomic mass is 32.2. The number of hydrogen-bond acceptors (Lipinski definition) is 5. The van der Waals surface area contributed by atoms with E-state index in [9.17, 15) is 9.00 Å². The fourth-order valence-electron chi connectivity index (χ4n) is 2.16. The maximum absolute atomic E-state index is 12.5. The van der Waals surface area contributed by atoms with E-state index in [2.05, 4.69) is 4.98 Å². The topological polar surface area (TPSA) is 83.3 Å². The molecule has 1 fully saturated rings. The van der Waals surface area contributed by atoms with Crippen molar-refractivity contribution in [3.05, 3.63) is 23.9 Å². The van der Waals surface area contributed by atoms with Crippen molar-refractivity contribution in [1.29, 1.82) is 5.26 Å². The quantitative estimate of drug-likeness (QED) is 0.832. The van der Waals surface area contributed by atoms with Gasteiger partial charge < -0.3 is 9.64 Å². The van der Waals surface area contributed by atoms with Crippen molar-refractivity contribution in [2.45, 2.75) is 43.1 Å². The van der Waals surface area contributed by atoms with Crippen LogP contribution in [-0.4, -0.2) is 44.1 Å². The van der Waals surface area contributed by atoms with Crippen LogP contribution in [0.1, 0.15) is 32.8 Å². The predicted octanol–water partition coefficient (Wildman–Crippen LogP) is 2.07. The van der Waals surface area contributed by atoms with Gasteiger partial charge in [0.25, 0.3) is 0 Å². The van der Waals surface area contributed by atoms with Crippen molar-refractivity contribution in [2.24, 2.45) is 0 Å². The second-order valence-electron chi connectivity index (χ2n) is 6.13. The Hall–Kier alpha value is -1.94. The Bertz CT molecular complexity index is 634. The van der Waals surface area contributed by atoms with Gasteiger partial charge in [-0.3, -0.25) is 4.21 Å². The molecule has 0 unspecified atom stereocenters. The lowest BCUT2D eigenvalue weighted by atomic mass is 10.2. The van der Waals surface area contributed by atoms with E-state index in [1.807, 2.05) is 26.8 Å². The minimum Gasteiger partial charge on any atom is -0.444 e. The fraction of sp³-hybridized carbons (Fsp3) is 0.533. The number of nitrogens with zero attached hydrogens (tertiary/aromatic N) is 3. The van der Waals surface area contributed by atoms with Crippen LogP contribution in [0.4, 0.5) is 4.79 Å². The predicted molar refractivity (Wildman–Crippen MR) is 81.6 cm³/mol. The molecule has 0 aliphatic carbocycles. The van der Waals surface area contributed by atoms with Crippen LogP contribution in [0.15, 0.2) is 23.4 Å². The third kappa shape index (κ3) is 4.04. The van der Waals surface area contributed by atoms with Crippen molar-refractivity contribution >= 4 is 16.9 Å². The lowest BCUT2D eigenvalue weighted by Crippen LogP contribution is -2.36. The normalized spacial score (nSPS) is 19.5. The fourth-order valence-corrected chi connectivity index (χ4v) is 3.54. The molecule has 1 amide bonds. The Balaban J connectivity index is 2.02. The highest BCUT2D eigenvalue weighted by molar-refractivity contribution is 7.85. The van der Waals surface area contributed by atoms with Crippen LogP contribution >= 0.6 is 0 Å². The van der Waals surface area contributed by atoms with Crippen LogP contribution in [-0.2, 0) is 15.5 Å². The molecule has 0 N–H and O–H groups in total. The number of likely N-dealkylation sites (tertiary alicyclic amines) is 1. The Kier molecular flexibility index (Phi) is 4.81. The molecule has 0 spiro atoms. The Labute approximate surface area is 132 Å². The van der Waals surface area contributed by atoms with Gasteiger partial charge in [-0.25, -0.2) is 9.78 Å². The van der Waals surface area contributed by atoms with Gasteiger partial charge in [-0.05, 0) is 39.3 Å². The van der Waals surface area contributed by atoms with Gasteiger partial charge >= 0.3 is 6.09 Å². The molecule has 2 heterocycles.